The van der Waals surface area contributed by atoms with Crippen molar-refractivity contribution in [2.75, 3.05) is 0 Å². The number of aromatic nitrogens is 3. The highest BCUT2D eigenvalue weighted by molar-refractivity contribution is 6.19. The van der Waals surface area contributed by atoms with Crippen LogP contribution in [0.1, 0.15) is 0 Å². The van der Waals surface area contributed by atoms with Crippen LogP contribution in [0.15, 0.2) is 180 Å². The summed E-state index contributed by atoms with van der Waals surface area (Å²) in [6, 6.07) is 61.2. The second kappa shape index (κ2) is 11.9. The van der Waals surface area contributed by atoms with Crippen LogP contribution in [0.4, 0.5) is 0 Å². The lowest BCUT2D eigenvalue weighted by atomic mass is 9.92. The molecule has 0 saturated heterocycles. The van der Waals surface area contributed by atoms with E-state index in [-0.39, 0.29) is 0 Å². The first-order valence-corrected chi connectivity index (χ1v) is 17.1. The third-order valence-corrected chi connectivity index (χ3v) is 9.71. The maximum atomic E-state index is 6.62. The average molecular weight is 652 g/mol. The van der Waals surface area contributed by atoms with Gasteiger partial charge in [0.2, 0.25) is 0 Å². The Morgan fingerprint density at radius 2 is 0.863 bits per heavy atom. The van der Waals surface area contributed by atoms with Crippen LogP contribution in [0.5, 0.6) is 0 Å². The molecule has 10 aromatic rings. The lowest BCUT2D eigenvalue weighted by molar-refractivity contribution is 0.672. The third-order valence-electron chi connectivity index (χ3n) is 9.71. The third kappa shape index (κ3) is 5.04. The van der Waals surface area contributed by atoms with Crippen molar-refractivity contribution in [2.45, 2.75) is 0 Å². The number of furan rings is 1. The summed E-state index contributed by atoms with van der Waals surface area (Å²) in [4.78, 5) is 14.9. The highest BCUT2D eigenvalue weighted by atomic mass is 16.3. The Hall–Kier alpha value is -6.91. The standard InChI is InChI=1S/C47H29N3O/c1-3-14-31(15-4-1)45-48-46(32-16-5-2-6-17-32)50-47(49-45)35-25-26-43-41(28-35)42-29-40(38-22-9-10-23-39(38)44(42)51-43)34-20-11-19-33(27-34)37-24-12-18-30-13-7-8-21-36(30)37/h1-29H. The molecule has 51 heavy (non-hydrogen) atoms. The van der Waals surface area contributed by atoms with Crippen molar-refractivity contribution in [3.05, 3.63) is 176 Å². The molecule has 0 aliphatic carbocycles. The van der Waals surface area contributed by atoms with E-state index in [4.69, 9.17) is 19.4 Å². The Balaban J connectivity index is 1.17. The first kappa shape index (κ1) is 29.0. The van der Waals surface area contributed by atoms with Crippen LogP contribution in [-0.2, 0) is 0 Å². The van der Waals surface area contributed by atoms with E-state index < -0.39 is 0 Å². The van der Waals surface area contributed by atoms with Crippen molar-refractivity contribution >= 4 is 43.5 Å². The van der Waals surface area contributed by atoms with E-state index in [1.54, 1.807) is 0 Å². The van der Waals surface area contributed by atoms with Crippen molar-refractivity contribution in [1.29, 1.82) is 0 Å². The molecule has 0 radical (unpaired) electrons. The van der Waals surface area contributed by atoms with E-state index in [0.29, 0.717) is 17.5 Å². The lowest BCUT2D eigenvalue weighted by Gasteiger charge is -2.12. The van der Waals surface area contributed by atoms with E-state index in [0.717, 1.165) is 60.5 Å². The quantitative estimate of drug-likeness (QED) is 0.186. The highest BCUT2D eigenvalue weighted by Gasteiger charge is 2.18. The first-order valence-electron chi connectivity index (χ1n) is 17.1. The number of benzene rings is 8. The molecular formula is C47H29N3O. The van der Waals surface area contributed by atoms with Crippen molar-refractivity contribution in [1.82, 2.24) is 15.0 Å². The van der Waals surface area contributed by atoms with E-state index in [9.17, 15) is 0 Å². The fourth-order valence-corrected chi connectivity index (χ4v) is 7.25. The van der Waals surface area contributed by atoms with Crippen molar-refractivity contribution < 1.29 is 4.42 Å². The zero-order valence-electron chi connectivity index (χ0n) is 27.5. The molecule has 0 saturated carbocycles. The molecule has 0 atom stereocenters. The molecule has 0 N–H and O–H groups in total. The van der Waals surface area contributed by atoms with Crippen molar-refractivity contribution in [3.63, 3.8) is 0 Å². The van der Waals surface area contributed by atoms with Crippen LogP contribution in [0.25, 0.3) is 99.9 Å². The van der Waals surface area contributed by atoms with Crippen LogP contribution >= 0.6 is 0 Å². The molecule has 2 heterocycles. The van der Waals surface area contributed by atoms with Gasteiger partial charge in [-0.25, -0.2) is 15.0 Å². The largest absolute Gasteiger partial charge is 0.455 e. The SMILES string of the molecule is c1ccc(-c2nc(-c3ccccc3)nc(-c3ccc4oc5c6ccccc6c(-c6cccc(-c7cccc8ccccc78)c6)cc5c4c3)n2)cc1. The van der Waals surface area contributed by atoms with Crippen molar-refractivity contribution in [2.24, 2.45) is 0 Å². The highest BCUT2D eigenvalue weighted by Crippen LogP contribution is 2.42. The molecule has 2 aromatic heterocycles. The van der Waals surface area contributed by atoms with E-state index in [2.05, 4.69) is 103 Å². The molecule has 0 fully saturated rings. The van der Waals surface area contributed by atoms with E-state index >= 15 is 0 Å². The maximum Gasteiger partial charge on any atom is 0.164 e. The number of hydrogen-bond donors (Lipinski definition) is 0. The van der Waals surface area contributed by atoms with Crippen LogP contribution in [0, 0.1) is 0 Å². The van der Waals surface area contributed by atoms with Gasteiger partial charge in [0.25, 0.3) is 0 Å². The lowest BCUT2D eigenvalue weighted by Crippen LogP contribution is -2.00. The molecule has 8 aromatic carbocycles. The molecule has 0 amide bonds. The van der Waals surface area contributed by atoms with Gasteiger partial charge in [-0.2, -0.15) is 0 Å². The van der Waals surface area contributed by atoms with Gasteiger partial charge in [-0.3, -0.25) is 0 Å². The predicted molar refractivity (Wildman–Crippen MR) is 209 cm³/mol. The Morgan fingerprint density at radius 1 is 0.314 bits per heavy atom. The number of fused-ring (bicyclic) bond motifs is 6. The molecule has 0 unspecified atom stereocenters. The normalized spacial score (nSPS) is 11.5. The summed E-state index contributed by atoms with van der Waals surface area (Å²) in [5.74, 6) is 1.88. The zero-order chi connectivity index (χ0) is 33.7. The van der Waals surface area contributed by atoms with E-state index in [1.165, 1.54) is 21.9 Å². The Morgan fingerprint density at radius 3 is 1.59 bits per heavy atom. The average Bonchev–Trinajstić information content (AvgIpc) is 3.59. The molecule has 0 aliphatic rings. The molecule has 0 aliphatic heterocycles. The monoisotopic (exact) mass is 651 g/mol. The van der Waals surface area contributed by atoms with Gasteiger partial charge in [0.1, 0.15) is 11.2 Å². The predicted octanol–water partition coefficient (Wildman–Crippen LogP) is 12.4. The fraction of sp³-hybridized carbons (Fsp3) is 0. The number of rotatable bonds is 5. The molecule has 238 valence electrons. The second-order valence-electron chi connectivity index (χ2n) is 12.8. The van der Waals surface area contributed by atoms with Gasteiger partial charge in [0.15, 0.2) is 17.5 Å². The minimum Gasteiger partial charge on any atom is -0.455 e. The fourth-order valence-electron chi connectivity index (χ4n) is 7.25. The smallest absolute Gasteiger partial charge is 0.164 e. The minimum atomic E-state index is 0.614. The number of nitrogens with zero attached hydrogens (tertiary/aromatic N) is 3. The van der Waals surface area contributed by atoms with Gasteiger partial charge in [-0.15, -0.1) is 0 Å². The van der Waals surface area contributed by atoms with Gasteiger partial charge in [0, 0.05) is 32.8 Å². The summed E-state index contributed by atoms with van der Waals surface area (Å²) in [7, 11) is 0. The summed E-state index contributed by atoms with van der Waals surface area (Å²) in [5.41, 5.74) is 9.19. The van der Waals surface area contributed by atoms with Gasteiger partial charge < -0.3 is 4.42 Å². The molecule has 10 rings (SSSR count). The number of hydrogen-bond acceptors (Lipinski definition) is 4. The maximum absolute atomic E-state index is 6.62. The summed E-state index contributed by atoms with van der Waals surface area (Å²) in [5, 5.41) is 6.78. The van der Waals surface area contributed by atoms with Gasteiger partial charge in [-0.1, -0.05) is 146 Å². The van der Waals surface area contributed by atoms with Gasteiger partial charge in [0.05, 0.1) is 0 Å². The minimum absolute atomic E-state index is 0.614. The summed E-state index contributed by atoms with van der Waals surface area (Å²) in [6.07, 6.45) is 0. The molecule has 4 nitrogen and oxygen atoms in total. The first-order chi connectivity index (χ1) is 25.3. The second-order valence-corrected chi connectivity index (χ2v) is 12.8. The Kier molecular flexibility index (Phi) is 6.78. The molecule has 4 heteroatoms. The summed E-state index contributed by atoms with van der Waals surface area (Å²) in [6.45, 7) is 0. The van der Waals surface area contributed by atoms with Crippen LogP contribution in [-0.4, -0.2) is 15.0 Å². The Labute approximate surface area is 294 Å². The summed E-state index contributed by atoms with van der Waals surface area (Å²) < 4.78 is 6.62. The van der Waals surface area contributed by atoms with Crippen LogP contribution in [0.2, 0.25) is 0 Å². The molecule has 0 spiro atoms. The molecular weight excluding hydrogens is 623 g/mol. The summed E-state index contributed by atoms with van der Waals surface area (Å²) >= 11 is 0. The van der Waals surface area contributed by atoms with Crippen molar-refractivity contribution in [3.8, 4) is 56.4 Å². The van der Waals surface area contributed by atoms with Crippen LogP contribution in [0.3, 0.4) is 0 Å². The zero-order valence-corrected chi connectivity index (χ0v) is 27.5. The van der Waals surface area contributed by atoms with E-state index in [1.807, 2.05) is 72.8 Å². The van der Waals surface area contributed by atoms with Crippen LogP contribution < -0.4 is 0 Å². The molecule has 0 bridgehead atoms. The van der Waals surface area contributed by atoms with Gasteiger partial charge >= 0.3 is 0 Å². The van der Waals surface area contributed by atoms with Gasteiger partial charge in [-0.05, 0) is 68.7 Å². The topological polar surface area (TPSA) is 51.8 Å². The Bertz CT molecular complexity index is 2850.